The first-order chi connectivity index (χ1) is 8.05. The van der Waals surface area contributed by atoms with Gasteiger partial charge in [0.1, 0.15) is 0 Å². The monoisotopic (exact) mass is 238 g/mol. The summed E-state index contributed by atoms with van der Waals surface area (Å²) >= 11 is 0. The Kier molecular flexibility index (Phi) is 2.79. The van der Waals surface area contributed by atoms with Crippen molar-refractivity contribution in [2.45, 2.75) is 70.0 Å². The number of hydrogen-bond donors (Lipinski definition) is 1. The minimum absolute atomic E-state index is 0.0885. The normalized spacial score (nSPS) is 54.2. The summed E-state index contributed by atoms with van der Waals surface area (Å²) in [5.74, 6) is 2.30. The molecule has 17 heavy (non-hydrogen) atoms. The molecule has 2 heteroatoms. The summed E-state index contributed by atoms with van der Waals surface area (Å²) < 4.78 is 5.89. The second-order valence-electron chi connectivity index (χ2n) is 6.96. The Morgan fingerprint density at radius 3 is 2.71 bits per heavy atom. The summed E-state index contributed by atoms with van der Waals surface area (Å²) in [4.78, 5) is 0. The molecule has 3 fully saturated rings. The van der Waals surface area contributed by atoms with Crippen LogP contribution in [0.5, 0.6) is 0 Å². The van der Waals surface area contributed by atoms with Gasteiger partial charge in [-0.25, -0.2) is 0 Å². The molecule has 0 aromatic heterocycles. The highest BCUT2D eigenvalue weighted by atomic mass is 16.5. The van der Waals surface area contributed by atoms with Crippen LogP contribution in [0.2, 0.25) is 0 Å². The van der Waals surface area contributed by atoms with Crippen LogP contribution < -0.4 is 0 Å². The predicted octanol–water partition coefficient (Wildman–Crippen LogP) is 3.13. The molecule has 1 heterocycles. The van der Waals surface area contributed by atoms with Crippen LogP contribution in [-0.4, -0.2) is 22.9 Å². The Hall–Kier alpha value is -0.0800. The third-order valence-electron chi connectivity index (χ3n) is 5.84. The molecule has 98 valence electrons. The molecule has 0 radical (unpaired) electrons. The maximum atomic E-state index is 11.1. The van der Waals surface area contributed by atoms with Gasteiger partial charge < -0.3 is 9.84 Å². The second kappa shape index (κ2) is 3.96. The van der Waals surface area contributed by atoms with Crippen molar-refractivity contribution in [3.63, 3.8) is 0 Å². The molecule has 5 atom stereocenters. The van der Waals surface area contributed by atoms with E-state index in [-0.39, 0.29) is 5.60 Å². The molecule has 0 aromatic carbocycles. The smallest absolute Gasteiger partial charge is 0.0727 e. The van der Waals surface area contributed by atoms with Crippen molar-refractivity contribution in [3.8, 4) is 0 Å². The van der Waals surface area contributed by atoms with E-state index in [4.69, 9.17) is 4.74 Å². The lowest BCUT2D eigenvalue weighted by molar-refractivity contribution is -0.180. The largest absolute Gasteiger partial charge is 0.389 e. The van der Waals surface area contributed by atoms with Crippen molar-refractivity contribution in [1.82, 2.24) is 0 Å². The van der Waals surface area contributed by atoms with E-state index in [9.17, 15) is 5.11 Å². The van der Waals surface area contributed by atoms with Crippen LogP contribution in [0.4, 0.5) is 0 Å². The molecule has 0 spiro atoms. The Bertz CT molecular complexity index is 303. The molecule has 0 aromatic rings. The number of hydrogen-bond acceptors (Lipinski definition) is 2. The van der Waals surface area contributed by atoms with E-state index in [2.05, 4.69) is 13.8 Å². The fraction of sp³-hybridized carbons (Fsp3) is 1.00. The van der Waals surface area contributed by atoms with Crippen LogP contribution in [0.3, 0.4) is 0 Å². The minimum Gasteiger partial charge on any atom is -0.389 e. The Morgan fingerprint density at radius 1 is 1.29 bits per heavy atom. The molecular formula is C15H26O2. The standard InChI is InChI=1S/C15H26O2/c1-3-14(2)10-15(16,6-7-17-14)13-9-11-4-5-12(13)8-11/h11-13,16H,3-10H2,1-2H3. The van der Waals surface area contributed by atoms with Crippen LogP contribution in [0, 0.1) is 17.8 Å². The summed E-state index contributed by atoms with van der Waals surface area (Å²) in [6.07, 6.45) is 8.16. The van der Waals surface area contributed by atoms with Crippen LogP contribution in [0.15, 0.2) is 0 Å². The Labute approximate surface area is 105 Å². The molecule has 0 amide bonds. The van der Waals surface area contributed by atoms with Crippen LogP contribution in [0.1, 0.15) is 58.8 Å². The quantitative estimate of drug-likeness (QED) is 0.801. The highest BCUT2D eigenvalue weighted by molar-refractivity contribution is 5.03. The maximum Gasteiger partial charge on any atom is 0.0727 e. The van der Waals surface area contributed by atoms with Crippen LogP contribution in [-0.2, 0) is 4.74 Å². The van der Waals surface area contributed by atoms with Crippen LogP contribution in [0.25, 0.3) is 0 Å². The zero-order valence-corrected chi connectivity index (χ0v) is 11.2. The first-order valence-electron chi connectivity index (χ1n) is 7.41. The summed E-state index contributed by atoms with van der Waals surface area (Å²) in [6, 6.07) is 0. The van der Waals surface area contributed by atoms with Gasteiger partial charge in [-0.15, -0.1) is 0 Å². The van der Waals surface area contributed by atoms with Gasteiger partial charge in [-0.2, -0.15) is 0 Å². The molecular weight excluding hydrogens is 212 g/mol. The van der Waals surface area contributed by atoms with Crippen molar-refractivity contribution in [1.29, 1.82) is 0 Å². The van der Waals surface area contributed by atoms with E-state index in [1.807, 2.05) is 0 Å². The Morgan fingerprint density at radius 2 is 2.12 bits per heavy atom. The zero-order chi connectivity index (χ0) is 12.1. The number of fused-ring (bicyclic) bond motifs is 2. The van der Waals surface area contributed by atoms with Gasteiger partial charge in [0.25, 0.3) is 0 Å². The first kappa shape index (κ1) is 12.0. The second-order valence-corrected chi connectivity index (χ2v) is 6.96. The third kappa shape index (κ3) is 1.94. The van der Waals surface area contributed by atoms with E-state index in [0.29, 0.717) is 5.92 Å². The van der Waals surface area contributed by atoms with E-state index < -0.39 is 5.60 Å². The summed E-state index contributed by atoms with van der Waals surface area (Å²) in [5, 5.41) is 11.1. The SMILES string of the molecule is CCC1(C)CC(O)(C2CC3CCC2C3)CCO1. The van der Waals surface area contributed by atoms with Crippen molar-refractivity contribution in [2.24, 2.45) is 17.8 Å². The molecule has 2 aliphatic carbocycles. The average Bonchev–Trinajstić information content (AvgIpc) is 2.91. The lowest BCUT2D eigenvalue weighted by Crippen LogP contribution is -2.52. The fourth-order valence-electron chi connectivity index (χ4n) is 4.71. The van der Waals surface area contributed by atoms with Crippen molar-refractivity contribution >= 4 is 0 Å². The van der Waals surface area contributed by atoms with Crippen LogP contribution >= 0.6 is 0 Å². The number of rotatable bonds is 2. The van der Waals surface area contributed by atoms with E-state index in [0.717, 1.165) is 37.7 Å². The van der Waals surface area contributed by atoms with E-state index in [1.54, 1.807) is 0 Å². The van der Waals surface area contributed by atoms with Gasteiger partial charge in [0.2, 0.25) is 0 Å². The highest BCUT2D eigenvalue weighted by Crippen LogP contribution is 2.55. The first-order valence-corrected chi connectivity index (χ1v) is 7.41. The molecule has 1 saturated heterocycles. The maximum absolute atomic E-state index is 11.1. The van der Waals surface area contributed by atoms with Gasteiger partial charge in [0.05, 0.1) is 17.8 Å². The van der Waals surface area contributed by atoms with Gasteiger partial charge in [-0.3, -0.25) is 0 Å². The average molecular weight is 238 g/mol. The molecule has 3 aliphatic rings. The summed E-state index contributed by atoms with van der Waals surface area (Å²) in [7, 11) is 0. The van der Waals surface area contributed by atoms with E-state index in [1.165, 1.54) is 25.7 Å². The number of aliphatic hydroxyl groups is 1. The van der Waals surface area contributed by atoms with Crippen molar-refractivity contribution < 1.29 is 9.84 Å². The molecule has 2 bridgehead atoms. The van der Waals surface area contributed by atoms with Gasteiger partial charge in [0.15, 0.2) is 0 Å². The lowest BCUT2D eigenvalue weighted by Gasteiger charge is -2.48. The molecule has 1 aliphatic heterocycles. The minimum atomic E-state index is -0.428. The predicted molar refractivity (Wildman–Crippen MR) is 67.8 cm³/mol. The number of ether oxygens (including phenoxy) is 1. The molecule has 2 saturated carbocycles. The summed E-state index contributed by atoms with van der Waals surface area (Å²) in [5.41, 5.74) is -0.516. The molecule has 3 rings (SSSR count). The van der Waals surface area contributed by atoms with Gasteiger partial charge in [-0.05, 0) is 56.8 Å². The van der Waals surface area contributed by atoms with Crippen molar-refractivity contribution in [2.75, 3.05) is 6.61 Å². The highest BCUT2D eigenvalue weighted by Gasteiger charge is 2.53. The van der Waals surface area contributed by atoms with Gasteiger partial charge in [-0.1, -0.05) is 13.3 Å². The summed E-state index contributed by atoms with van der Waals surface area (Å²) in [6.45, 7) is 5.09. The topological polar surface area (TPSA) is 29.5 Å². The van der Waals surface area contributed by atoms with Gasteiger partial charge >= 0.3 is 0 Å². The molecule has 5 unspecified atom stereocenters. The lowest BCUT2D eigenvalue weighted by atomic mass is 9.68. The molecule has 2 nitrogen and oxygen atoms in total. The molecule has 1 N–H and O–H groups in total. The van der Waals surface area contributed by atoms with Gasteiger partial charge in [0, 0.05) is 6.42 Å². The Balaban J connectivity index is 1.76. The fourth-order valence-corrected chi connectivity index (χ4v) is 4.71. The van der Waals surface area contributed by atoms with Crippen molar-refractivity contribution in [3.05, 3.63) is 0 Å². The zero-order valence-electron chi connectivity index (χ0n) is 11.2. The third-order valence-corrected chi connectivity index (χ3v) is 5.84. The van der Waals surface area contributed by atoms with E-state index >= 15 is 0 Å².